The molecule has 182 valence electrons. The van der Waals surface area contributed by atoms with Crippen molar-refractivity contribution in [3.63, 3.8) is 0 Å². The molecule has 0 heterocycles. The van der Waals surface area contributed by atoms with Crippen LogP contribution in [-0.4, -0.2) is 33.1 Å². The quantitative estimate of drug-likeness (QED) is 0.292. The molecule has 0 spiro atoms. The molecule has 1 unspecified atom stereocenters. The van der Waals surface area contributed by atoms with Gasteiger partial charge >= 0.3 is 0 Å². The standard InChI is InChI=1S/C28H52O3/c1-8-11-23(15-14-22-17-24(29)19-25(30)18-22)26(12-9-2)27(4,5)20-21(3)13-10-16-28(6,7)31/h14-15,21,24-26,29-31H,8-13,16-20H2,1-7H3/b23-15+/t21-,24-,25-,26?/m1/s1. The van der Waals surface area contributed by atoms with Crippen molar-refractivity contribution in [3.05, 3.63) is 23.3 Å². The third kappa shape index (κ3) is 11.2. The normalized spacial score (nSPS) is 23.0. The maximum absolute atomic E-state index is 10.0. The number of rotatable bonds is 13. The van der Waals surface area contributed by atoms with Crippen molar-refractivity contribution < 1.29 is 15.3 Å². The molecule has 0 aromatic carbocycles. The Balaban J connectivity index is 2.95. The highest BCUT2D eigenvalue weighted by Crippen LogP contribution is 2.43. The van der Waals surface area contributed by atoms with E-state index in [4.69, 9.17) is 0 Å². The number of hydrogen-bond donors (Lipinski definition) is 3. The molecule has 0 aromatic rings. The van der Waals surface area contributed by atoms with Gasteiger partial charge < -0.3 is 15.3 Å². The second-order valence-corrected chi connectivity index (χ2v) is 11.6. The minimum Gasteiger partial charge on any atom is -0.393 e. The van der Waals surface area contributed by atoms with E-state index < -0.39 is 17.8 Å². The van der Waals surface area contributed by atoms with E-state index in [1.807, 2.05) is 13.8 Å². The van der Waals surface area contributed by atoms with Crippen molar-refractivity contribution in [3.8, 4) is 0 Å². The Labute approximate surface area is 193 Å². The smallest absolute Gasteiger partial charge is 0.0602 e. The van der Waals surface area contributed by atoms with Crippen LogP contribution < -0.4 is 0 Å². The molecule has 0 radical (unpaired) electrons. The summed E-state index contributed by atoms with van der Waals surface area (Å²) in [6.07, 6.45) is 14.5. The molecule has 1 rings (SSSR count). The van der Waals surface area contributed by atoms with Gasteiger partial charge in [0, 0.05) is 0 Å². The topological polar surface area (TPSA) is 60.7 Å². The first kappa shape index (κ1) is 28.4. The van der Waals surface area contributed by atoms with E-state index in [-0.39, 0.29) is 5.41 Å². The van der Waals surface area contributed by atoms with Gasteiger partial charge in [0.25, 0.3) is 0 Å². The highest BCUT2D eigenvalue weighted by molar-refractivity contribution is 5.23. The van der Waals surface area contributed by atoms with Crippen LogP contribution in [0.4, 0.5) is 0 Å². The van der Waals surface area contributed by atoms with Crippen LogP contribution in [0, 0.1) is 17.3 Å². The highest BCUT2D eigenvalue weighted by Gasteiger charge is 2.32. The summed E-state index contributed by atoms with van der Waals surface area (Å²) in [5.74, 6) is 1.19. The zero-order valence-electron chi connectivity index (χ0n) is 21.6. The summed E-state index contributed by atoms with van der Waals surface area (Å²) in [5.41, 5.74) is 2.35. The molecular formula is C28H52O3. The molecule has 4 atom stereocenters. The minimum absolute atomic E-state index is 0.218. The van der Waals surface area contributed by atoms with Crippen molar-refractivity contribution >= 4 is 0 Å². The number of allylic oxidation sites excluding steroid dienone is 3. The lowest BCUT2D eigenvalue weighted by molar-refractivity contribution is 0.0608. The van der Waals surface area contributed by atoms with Crippen LogP contribution in [0.1, 0.15) is 119 Å². The van der Waals surface area contributed by atoms with E-state index in [0.29, 0.717) is 31.1 Å². The average Bonchev–Trinajstić information content (AvgIpc) is 2.61. The molecule has 0 bridgehead atoms. The summed E-state index contributed by atoms with van der Waals surface area (Å²) in [6, 6.07) is 0. The van der Waals surface area contributed by atoms with Crippen LogP contribution in [0.3, 0.4) is 0 Å². The fourth-order valence-electron chi connectivity index (χ4n) is 5.58. The third-order valence-electron chi connectivity index (χ3n) is 6.94. The molecule has 1 fully saturated rings. The molecular weight excluding hydrogens is 384 g/mol. The van der Waals surface area contributed by atoms with Crippen LogP contribution in [-0.2, 0) is 0 Å². The zero-order chi connectivity index (χ0) is 23.7. The minimum atomic E-state index is -0.565. The van der Waals surface area contributed by atoms with Crippen molar-refractivity contribution in [1.82, 2.24) is 0 Å². The summed E-state index contributed by atoms with van der Waals surface area (Å²) < 4.78 is 0. The monoisotopic (exact) mass is 436 g/mol. The predicted molar refractivity (Wildman–Crippen MR) is 133 cm³/mol. The van der Waals surface area contributed by atoms with E-state index in [9.17, 15) is 15.3 Å². The van der Waals surface area contributed by atoms with Crippen LogP contribution in [0.15, 0.2) is 23.3 Å². The fourth-order valence-corrected chi connectivity index (χ4v) is 5.58. The van der Waals surface area contributed by atoms with Gasteiger partial charge in [-0.25, -0.2) is 0 Å². The lowest BCUT2D eigenvalue weighted by Crippen LogP contribution is -2.28. The lowest BCUT2D eigenvalue weighted by atomic mass is 9.67. The van der Waals surface area contributed by atoms with Crippen LogP contribution >= 0.6 is 0 Å². The Morgan fingerprint density at radius 2 is 1.65 bits per heavy atom. The third-order valence-corrected chi connectivity index (χ3v) is 6.94. The van der Waals surface area contributed by atoms with Gasteiger partial charge in [-0.05, 0) is 76.0 Å². The Hall–Kier alpha value is -0.640. The van der Waals surface area contributed by atoms with E-state index >= 15 is 0 Å². The molecule has 3 nitrogen and oxygen atoms in total. The van der Waals surface area contributed by atoms with Crippen molar-refractivity contribution in [2.75, 3.05) is 0 Å². The van der Waals surface area contributed by atoms with Gasteiger partial charge in [-0.1, -0.05) is 83.6 Å². The summed E-state index contributed by atoms with van der Waals surface area (Å²) in [7, 11) is 0. The van der Waals surface area contributed by atoms with Crippen molar-refractivity contribution in [2.45, 2.75) is 137 Å². The first-order valence-electron chi connectivity index (χ1n) is 12.8. The highest BCUT2D eigenvalue weighted by atomic mass is 16.3. The SMILES string of the molecule is CCC/C(=C\C=C1C[C@@H](O)C[C@H](O)C1)C(CCC)C(C)(C)C[C@H](C)CCCC(C)(C)O. The molecule has 0 aliphatic heterocycles. The zero-order valence-corrected chi connectivity index (χ0v) is 21.6. The van der Waals surface area contributed by atoms with Gasteiger partial charge in [-0.2, -0.15) is 0 Å². The fraction of sp³-hybridized carbons (Fsp3) is 0.857. The Bertz CT molecular complexity index is 555. The van der Waals surface area contributed by atoms with Crippen LogP contribution in [0.2, 0.25) is 0 Å². The van der Waals surface area contributed by atoms with Gasteiger partial charge in [0.1, 0.15) is 0 Å². The molecule has 1 aliphatic rings. The summed E-state index contributed by atoms with van der Waals surface area (Å²) in [5, 5.41) is 30.1. The maximum atomic E-state index is 10.0. The van der Waals surface area contributed by atoms with Gasteiger partial charge in [-0.15, -0.1) is 0 Å². The van der Waals surface area contributed by atoms with Crippen molar-refractivity contribution in [1.29, 1.82) is 0 Å². The second kappa shape index (κ2) is 13.2. The summed E-state index contributed by atoms with van der Waals surface area (Å²) >= 11 is 0. The molecule has 3 heteroatoms. The molecule has 1 aliphatic carbocycles. The second-order valence-electron chi connectivity index (χ2n) is 11.6. The first-order valence-corrected chi connectivity index (χ1v) is 12.8. The Morgan fingerprint density at radius 3 is 2.16 bits per heavy atom. The molecule has 0 saturated heterocycles. The van der Waals surface area contributed by atoms with Gasteiger partial charge in [0.15, 0.2) is 0 Å². The van der Waals surface area contributed by atoms with E-state index in [1.165, 1.54) is 36.8 Å². The van der Waals surface area contributed by atoms with Crippen molar-refractivity contribution in [2.24, 2.45) is 17.3 Å². The first-order chi connectivity index (χ1) is 14.4. The Kier molecular flexibility index (Phi) is 12.1. The molecule has 3 N–H and O–H groups in total. The van der Waals surface area contributed by atoms with E-state index in [2.05, 4.69) is 46.8 Å². The maximum Gasteiger partial charge on any atom is 0.0602 e. The molecule has 31 heavy (non-hydrogen) atoms. The van der Waals surface area contributed by atoms with Crippen LogP contribution in [0.25, 0.3) is 0 Å². The molecule has 0 amide bonds. The number of aliphatic hydroxyl groups excluding tert-OH is 2. The van der Waals surface area contributed by atoms with Crippen LogP contribution in [0.5, 0.6) is 0 Å². The van der Waals surface area contributed by atoms with Gasteiger partial charge in [-0.3, -0.25) is 0 Å². The summed E-state index contributed by atoms with van der Waals surface area (Å²) in [6.45, 7) is 15.6. The molecule has 1 saturated carbocycles. The lowest BCUT2D eigenvalue weighted by Gasteiger charge is -2.38. The van der Waals surface area contributed by atoms with E-state index in [1.54, 1.807) is 0 Å². The summed E-state index contributed by atoms with van der Waals surface area (Å²) in [4.78, 5) is 0. The number of hydrogen-bond acceptors (Lipinski definition) is 3. The van der Waals surface area contributed by atoms with E-state index in [0.717, 1.165) is 25.7 Å². The van der Waals surface area contributed by atoms with Gasteiger partial charge in [0.2, 0.25) is 0 Å². The predicted octanol–water partition coefficient (Wildman–Crippen LogP) is 6.95. The average molecular weight is 437 g/mol. The van der Waals surface area contributed by atoms with Gasteiger partial charge in [0.05, 0.1) is 17.8 Å². The largest absolute Gasteiger partial charge is 0.393 e. The number of aliphatic hydroxyl groups is 3. The molecule has 0 aromatic heterocycles. The Morgan fingerprint density at radius 1 is 1.03 bits per heavy atom.